The van der Waals surface area contributed by atoms with E-state index in [-0.39, 0.29) is 6.61 Å². The van der Waals surface area contributed by atoms with Crippen molar-refractivity contribution in [1.29, 1.82) is 0 Å². The Morgan fingerprint density at radius 3 is 2.71 bits per heavy atom. The van der Waals surface area contributed by atoms with Crippen molar-refractivity contribution < 1.29 is 14.6 Å². The Morgan fingerprint density at radius 1 is 1.16 bits per heavy atom. The molecule has 3 aromatic rings. The van der Waals surface area contributed by atoms with Crippen molar-refractivity contribution >= 4 is 23.4 Å². The van der Waals surface area contributed by atoms with E-state index in [0.29, 0.717) is 25.6 Å². The molecule has 202 valence electrons. The lowest BCUT2D eigenvalue weighted by Gasteiger charge is -2.37. The predicted octanol–water partition coefficient (Wildman–Crippen LogP) is 2.26. The summed E-state index contributed by atoms with van der Waals surface area (Å²) in [6, 6.07) is 13.4. The summed E-state index contributed by atoms with van der Waals surface area (Å²) >= 11 is 0. The van der Waals surface area contributed by atoms with Crippen molar-refractivity contribution in [3.63, 3.8) is 0 Å². The molecule has 1 saturated heterocycles. The van der Waals surface area contributed by atoms with Gasteiger partial charge < -0.3 is 26.2 Å². The second kappa shape index (κ2) is 13.8. The average Bonchev–Trinajstić information content (AvgIpc) is 2.93. The number of nitrogens with zero attached hydrogens (tertiary/aromatic N) is 5. The number of rotatable bonds is 13. The highest BCUT2D eigenvalue weighted by atomic mass is 16.5. The molecule has 1 aliphatic rings. The summed E-state index contributed by atoms with van der Waals surface area (Å²) in [5, 5.41) is 16.0. The molecule has 1 aromatic carbocycles. The minimum absolute atomic E-state index is 0.195. The number of piperazine rings is 1. The first kappa shape index (κ1) is 27.4. The maximum absolute atomic E-state index is 11.5. The van der Waals surface area contributed by atoms with Gasteiger partial charge >= 0.3 is 5.97 Å². The minimum Gasteiger partial charge on any atom is -0.480 e. The lowest BCUT2D eigenvalue weighted by Crippen LogP contribution is -2.53. The topological polar surface area (TPSA) is 142 Å². The van der Waals surface area contributed by atoms with Crippen LogP contribution in [-0.4, -0.2) is 94.9 Å². The Hall–Kier alpha value is -3.64. The summed E-state index contributed by atoms with van der Waals surface area (Å²) < 4.78 is 5.09. The van der Waals surface area contributed by atoms with E-state index in [9.17, 15) is 9.90 Å². The van der Waals surface area contributed by atoms with Gasteiger partial charge in [-0.05, 0) is 48.9 Å². The van der Waals surface area contributed by atoms with Crippen LogP contribution in [0.15, 0.2) is 54.9 Å². The third-order valence-corrected chi connectivity index (χ3v) is 6.45. The minimum atomic E-state index is -0.839. The SMILES string of the molecule is COCC(C(=O)O)N1CCN(Cc2cccc(Nc3nccc(-c4ccc(NCCCN)nc4)n3)c2)CC1. The Labute approximate surface area is 223 Å². The first-order chi connectivity index (χ1) is 18.6. The molecule has 4 rings (SSSR count). The standard InChI is InChI=1S/C27H36N8O3/c1-38-19-24(26(36)37)35-14-12-34(13-15-35)18-20-4-2-5-22(16-20)32-27-30-11-8-23(33-27)21-6-7-25(31-17-21)29-10-3-9-28/h2,4-8,11,16-17,24H,3,9-10,12-15,18-19,28H2,1H3,(H,29,31)(H,36,37)(H,30,32,33). The van der Waals surface area contributed by atoms with Crippen molar-refractivity contribution in [2.24, 2.45) is 5.73 Å². The number of methoxy groups -OCH3 is 1. The fourth-order valence-corrected chi connectivity index (χ4v) is 4.41. The molecule has 1 fully saturated rings. The third kappa shape index (κ3) is 7.68. The lowest BCUT2D eigenvalue weighted by atomic mass is 10.1. The van der Waals surface area contributed by atoms with E-state index in [4.69, 9.17) is 10.5 Å². The number of hydrogen-bond donors (Lipinski definition) is 4. The van der Waals surface area contributed by atoms with Gasteiger partial charge in [0.05, 0.1) is 12.3 Å². The average molecular weight is 521 g/mol. The monoisotopic (exact) mass is 520 g/mol. The van der Waals surface area contributed by atoms with Gasteiger partial charge in [0.2, 0.25) is 5.95 Å². The van der Waals surface area contributed by atoms with Crippen molar-refractivity contribution in [2.75, 3.05) is 63.6 Å². The molecule has 0 saturated carbocycles. The summed E-state index contributed by atoms with van der Waals surface area (Å²) in [6.45, 7) is 5.39. The largest absolute Gasteiger partial charge is 0.480 e. The van der Waals surface area contributed by atoms with Gasteiger partial charge in [-0.1, -0.05) is 12.1 Å². The molecular weight excluding hydrogens is 484 g/mol. The smallest absolute Gasteiger partial charge is 0.323 e. The summed E-state index contributed by atoms with van der Waals surface area (Å²) in [5.41, 5.74) is 9.29. The molecule has 3 heterocycles. The van der Waals surface area contributed by atoms with E-state index in [0.717, 1.165) is 60.9 Å². The number of aliphatic carboxylic acids is 1. The van der Waals surface area contributed by atoms with Crippen LogP contribution >= 0.6 is 0 Å². The summed E-state index contributed by atoms with van der Waals surface area (Å²) in [6.07, 6.45) is 4.42. The number of nitrogens with two attached hydrogens (primary N) is 1. The quantitative estimate of drug-likeness (QED) is 0.247. The number of ether oxygens (including phenoxy) is 1. The van der Waals surface area contributed by atoms with Gasteiger partial charge in [0.15, 0.2) is 0 Å². The molecule has 38 heavy (non-hydrogen) atoms. The maximum Gasteiger partial charge on any atom is 0.323 e. The molecule has 0 amide bonds. The number of benzene rings is 1. The third-order valence-electron chi connectivity index (χ3n) is 6.45. The molecule has 2 aromatic heterocycles. The molecule has 1 unspecified atom stereocenters. The maximum atomic E-state index is 11.5. The zero-order valence-corrected chi connectivity index (χ0v) is 21.7. The van der Waals surface area contributed by atoms with Gasteiger partial charge in [-0.25, -0.2) is 15.0 Å². The van der Waals surface area contributed by atoms with Crippen LogP contribution in [0.2, 0.25) is 0 Å². The number of hydrogen-bond acceptors (Lipinski definition) is 10. The Morgan fingerprint density at radius 2 is 2.00 bits per heavy atom. The summed E-state index contributed by atoms with van der Waals surface area (Å²) in [4.78, 5) is 29.4. The first-order valence-electron chi connectivity index (χ1n) is 12.8. The van der Waals surface area contributed by atoms with E-state index in [1.165, 1.54) is 7.11 Å². The lowest BCUT2D eigenvalue weighted by molar-refractivity contribution is -0.146. The Bertz CT molecular complexity index is 1170. The molecule has 11 nitrogen and oxygen atoms in total. The van der Waals surface area contributed by atoms with E-state index >= 15 is 0 Å². The number of carbonyl (C=O) groups is 1. The van der Waals surface area contributed by atoms with E-state index < -0.39 is 12.0 Å². The summed E-state index contributed by atoms with van der Waals surface area (Å²) in [5.74, 6) is 0.481. The molecule has 0 bridgehead atoms. The molecular formula is C27H36N8O3. The summed E-state index contributed by atoms with van der Waals surface area (Å²) in [7, 11) is 1.53. The number of nitrogens with one attached hydrogen (secondary N) is 2. The number of carboxylic acid groups (broad SMARTS) is 1. The van der Waals surface area contributed by atoms with Crippen molar-refractivity contribution in [3.8, 4) is 11.3 Å². The molecule has 1 aliphatic heterocycles. The highest BCUT2D eigenvalue weighted by Crippen LogP contribution is 2.21. The van der Waals surface area contributed by atoms with Gasteiger partial charge in [-0.2, -0.15) is 0 Å². The number of anilines is 3. The van der Waals surface area contributed by atoms with Crippen LogP contribution in [0.1, 0.15) is 12.0 Å². The van der Waals surface area contributed by atoms with Crippen LogP contribution < -0.4 is 16.4 Å². The van der Waals surface area contributed by atoms with Gasteiger partial charge in [-0.3, -0.25) is 14.6 Å². The van der Waals surface area contributed by atoms with Crippen molar-refractivity contribution in [1.82, 2.24) is 24.8 Å². The van der Waals surface area contributed by atoms with E-state index in [1.54, 1.807) is 12.4 Å². The highest BCUT2D eigenvalue weighted by Gasteiger charge is 2.28. The Balaban J connectivity index is 1.34. The van der Waals surface area contributed by atoms with Crippen LogP contribution in [0.4, 0.5) is 17.5 Å². The van der Waals surface area contributed by atoms with Gasteiger partial charge in [-0.15, -0.1) is 0 Å². The second-order valence-electron chi connectivity index (χ2n) is 9.21. The van der Waals surface area contributed by atoms with Crippen LogP contribution in [0.3, 0.4) is 0 Å². The molecule has 5 N–H and O–H groups in total. The van der Waals surface area contributed by atoms with Gasteiger partial charge in [0.25, 0.3) is 0 Å². The van der Waals surface area contributed by atoms with Crippen LogP contribution in [-0.2, 0) is 16.1 Å². The molecule has 0 aliphatic carbocycles. The van der Waals surface area contributed by atoms with E-state index in [1.807, 2.05) is 35.2 Å². The zero-order valence-electron chi connectivity index (χ0n) is 21.7. The predicted molar refractivity (Wildman–Crippen MR) is 147 cm³/mol. The number of pyridine rings is 1. The Kier molecular flexibility index (Phi) is 9.93. The molecule has 0 spiro atoms. The second-order valence-corrected chi connectivity index (χ2v) is 9.21. The number of carboxylic acids is 1. The van der Waals surface area contributed by atoms with Crippen LogP contribution in [0.5, 0.6) is 0 Å². The normalized spacial score (nSPS) is 15.2. The van der Waals surface area contributed by atoms with E-state index in [2.05, 4.69) is 42.6 Å². The molecule has 0 radical (unpaired) electrons. The fourth-order valence-electron chi connectivity index (χ4n) is 4.41. The number of aromatic nitrogens is 3. The molecule has 1 atom stereocenters. The van der Waals surface area contributed by atoms with Crippen molar-refractivity contribution in [2.45, 2.75) is 19.0 Å². The first-order valence-corrected chi connectivity index (χ1v) is 12.8. The van der Waals surface area contributed by atoms with Crippen LogP contribution in [0, 0.1) is 0 Å². The van der Waals surface area contributed by atoms with Gasteiger partial charge in [0, 0.05) is 70.0 Å². The van der Waals surface area contributed by atoms with Crippen LogP contribution in [0.25, 0.3) is 11.3 Å². The van der Waals surface area contributed by atoms with Gasteiger partial charge in [0.1, 0.15) is 11.9 Å². The molecule has 11 heteroatoms. The van der Waals surface area contributed by atoms with Crippen molar-refractivity contribution in [3.05, 3.63) is 60.4 Å². The zero-order chi connectivity index (χ0) is 26.7. The fraction of sp³-hybridized carbons (Fsp3) is 0.407. The highest BCUT2D eigenvalue weighted by molar-refractivity contribution is 5.73.